The summed E-state index contributed by atoms with van der Waals surface area (Å²) in [7, 11) is 1.68. The van der Waals surface area contributed by atoms with Crippen LogP contribution >= 0.6 is 0 Å². The van der Waals surface area contributed by atoms with Gasteiger partial charge in [-0.25, -0.2) is 0 Å². The molecule has 0 aliphatic carbocycles. The summed E-state index contributed by atoms with van der Waals surface area (Å²) in [5, 5.41) is 2.67. The SMILES string of the molecule is CNC(=O)C[C@H]1C[C@H]2CN(CCOCc3ccccc3)C[C@H]2O1. The zero-order valence-corrected chi connectivity index (χ0v) is 13.7. The number of benzene rings is 1. The molecule has 3 rings (SSSR count). The molecule has 1 aromatic carbocycles. The normalized spacial score (nSPS) is 27.1. The third-order valence-electron chi connectivity index (χ3n) is 4.74. The fourth-order valence-corrected chi connectivity index (χ4v) is 3.53. The summed E-state index contributed by atoms with van der Waals surface area (Å²) < 4.78 is 11.8. The number of ether oxygens (including phenoxy) is 2. The molecular formula is C18H26N2O3. The van der Waals surface area contributed by atoms with Crippen LogP contribution in [0.4, 0.5) is 0 Å². The lowest BCUT2D eigenvalue weighted by molar-refractivity contribution is -0.123. The van der Waals surface area contributed by atoms with Crippen LogP contribution in [-0.2, 0) is 20.9 Å². The molecule has 1 N–H and O–H groups in total. The highest BCUT2D eigenvalue weighted by Crippen LogP contribution is 2.34. The van der Waals surface area contributed by atoms with Crippen molar-refractivity contribution in [2.45, 2.75) is 31.7 Å². The summed E-state index contributed by atoms with van der Waals surface area (Å²) in [5.41, 5.74) is 1.21. The topological polar surface area (TPSA) is 50.8 Å². The van der Waals surface area contributed by atoms with Crippen molar-refractivity contribution in [2.24, 2.45) is 5.92 Å². The van der Waals surface area contributed by atoms with Crippen LogP contribution in [0.15, 0.2) is 30.3 Å². The summed E-state index contributed by atoms with van der Waals surface area (Å²) in [6.45, 7) is 4.39. The Morgan fingerprint density at radius 2 is 2.17 bits per heavy atom. The first kappa shape index (κ1) is 16.4. The number of amides is 1. The largest absolute Gasteiger partial charge is 0.375 e. The third-order valence-corrected chi connectivity index (χ3v) is 4.74. The fourth-order valence-electron chi connectivity index (χ4n) is 3.53. The Hall–Kier alpha value is -1.43. The number of fused-ring (bicyclic) bond motifs is 1. The maximum Gasteiger partial charge on any atom is 0.222 e. The maximum atomic E-state index is 11.4. The van der Waals surface area contributed by atoms with E-state index in [4.69, 9.17) is 9.47 Å². The summed E-state index contributed by atoms with van der Waals surface area (Å²) in [6.07, 6.45) is 1.88. The van der Waals surface area contributed by atoms with Crippen LogP contribution in [0.25, 0.3) is 0 Å². The lowest BCUT2D eigenvalue weighted by atomic mass is 10.0. The predicted octanol–water partition coefficient (Wildman–Crippen LogP) is 1.43. The number of nitrogens with zero attached hydrogens (tertiary/aromatic N) is 1. The standard InChI is InChI=1S/C18H26N2O3/c1-19-18(21)10-16-9-15-11-20(12-17(15)23-16)7-8-22-13-14-5-3-2-4-6-14/h2-6,15-17H,7-13H2,1H3,(H,19,21)/t15-,16+,17+/m0/s1. The third kappa shape index (κ3) is 4.53. The molecule has 2 saturated heterocycles. The highest BCUT2D eigenvalue weighted by atomic mass is 16.5. The van der Waals surface area contributed by atoms with Gasteiger partial charge in [-0.3, -0.25) is 9.69 Å². The summed E-state index contributed by atoms with van der Waals surface area (Å²) in [4.78, 5) is 13.8. The molecule has 126 valence electrons. The summed E-state index contributed by atoms with van der Waals surface area (Å²) >= 11 is 0. The van der Waals surface area contributed by atoms with Crippen molar-refractivity contribution in [1.29, 1.82) is 0 Å². The zero-order valence-electron chi connectivity index (χ0n) is 13.7. The summed E-state index contributed by atoms with van der Waals surface area (Å²) in [6, 6.07) is 10.3. The second-order valence-electron chi connectivity index (χ2n) is 6.47. The van der Waals surface area contributed by atoms with Gasteiger partial charge in [0.25, 0.3) is 0 Å². The smallest absolute Gasteiger partial charge is 0.222 e. The first-order valence-corrected chi connectivity index (χ1v) is 8.44. The molecule has 0 radical (unpaired) electrons. The van der Waals surface area contributed by atoms with Crippen LogP contribution in [0, 0.1) is 5.92 Å². The number of likely N-dealkylation sites (tertiary alicyclic amines) is 1. The van der Waals surface area contributed by atoms with Gasteiger partial charge in [0.2, 0.25) is 5.91 Å². The van der Waals surface area contributed by atoms with Crippen LogP contribution in [0.2, 0.25) is 0 Å². The second kappa shape index (κ2) is 7.90. The van der Waals surface area contributed by atoms with E-state index in [0.717, 1.165) is 32.7 Å². The molecule has 2 fully saturated rings. The van der Waals surface area contributed by atoms with Crippen molar-refractivity contribution in [3.05, 3.63) is 35.9 Å². The van der Waals surface area contributed by atoms with E-state index >= 15 is 0 Å². The van der Waals surface area contributed by atoms with Crippen molar-refractivity contribution in [3.8, 4) is 0 Å². The molecule has 1 amide bonds. The first-order chi connectivity index (χ1) is 11.2. The van der Waals surface area contributed by atoms with Crippen molar-refractivity contribution in [1.82, 2.24) is 10.2 Å². The van der Waals surface area contributed by atoms with Crippen molar-refractivity contribution in [3.63, 3.8) is 0 Å². The van der Waals surface area contributed by atoms with E-state index in [1.54, 1.807) is 7.05 Å². The lowest BCUT2D eigenvalue weighted by Gasteiger charge is -2.18. The van der Waals surface area contributed by atoms with Gasteiger partial charge in [-0.15, -0.1) is 0 Å². The van der Waals surface area contributed by atoms with E-state index in [9.17, 15) is 4.79 Å². The molecule has 5 heteroatoms. The Bertz CT molecular complexity index is 494. The maximum absolute atomic E-state index is 11.4. The Kier molecular flexibility index (Phi) is 5.65. The van der Waals surface area contributed by atoms with Gasteiger partial charge in [0.1, 0.15) is 0 Å². The monoisotopic (exact) mass is 318 g/mol. The van der Waals surface area contributed by atoms with Gasteiger partial charge in [0.05, 0.1) is 31.8 Å². The predicted molar refractivity (Wildman–Crippen MR) is 88.0 cm³/mol. The van der Waals surface area contributed by atoms with Gasteiger partial charge >= 0.3 is 0 Å². The molecule has 0 spiro atoms. The Balaban J connectivity index is 1.32. The van der Waals surface area contributed by atoms with Crippen LogP contribution < -0.4 is 5.32 Å². The number of nitrogens with one attached hydrogen (secondary N) is 1. The van der Waals surface area contributed by atoms with E-state index in [1.807, 2.05) is 18.2 Å². The molecule has 0 unspecified atom stereocenters. The molecule has 0 bridgehead atoms. The molecule has 2 heterocycles. The van der Waals surface area contributed by atoms with Crippen molar-refractivity contribution < 1.29 is 14.3 Å². The molecule has 2 aliphatic heterocycles. The Morgan fingerprint density at radius 1 is 1.35 bits per heavy atom. The Labute approximate surface area is 137 Å². The van der Waals surface area contributed by atoms with Crippen LogP contribution in [0.1, 0.15) is 18.4 Å². The summed E-state index contributed by atoms with van der Waals surface area (Å²) in [5.74, 6) is 0.639. The van der Waals surface area contributed by atoms with Gasteiger partial charge < -0.3 is 14.8 Å². The van der Waals surface area contributed by atoms with Gasteiger partial charge in [-0.2, -0.15) is 0 Å². The van der Waals surface area contributed by atoms with Crippen LogP contribution in [0.5, 0.6) is 0 Å². The highest BCUT2D eigenvalue weighted by Gasteiger charge is 2.42. The average Bonchev–Trinajstić information content (AvgIpc) is 3.10. The second-order valence-corrected chi connectivity index (χ2v) is 6.47. The zero-order chi connectivity index (χ0) is 16.1. The van der Waals surface area contributed by atoms with Gasteiger partial charge in [0.15, 0.2) is 0 Å². The minimum absolute atomic E-state index is 0.0705. The van der Waals surface area contributed by atoms with Gasteiger partial charge in [-0.1, -0.05) is 30.3 Å². The van der Waals surface area contributed by atoms with Crippen LogP contribution in [-0.4, -0.2) is 56.3 Å². The molecule has 0 saturated carbocycles. The number of carbonyl (C=O) groups is 1. The highest BCUT2D eigenvalue weighted by molar-refractivity contribution is 5.76. The van der Waals surface area contributed by atoms with Crippen molar-refractivity contribution in [2.75, 3.05) is 33.3 Å². The van der Waals surface area contributed by atoms with Crippen LogP contribution in [0.3, 0.4) is 0 Å². The molecule has 1 aromatic rings. The molecular weight excluding hydrogens is 292 g/mol. The molecule has 5 nitrogen and oxygen atoms in total. The van der Waals surface area contributed by atoms with Crippen molar-refractivity contribution >= 4 is 5.91 Å². The lowest BCUT2D eigenvalue weighted by Crippen LogP contribution is -2.30. The van der Waals surface area contributed by atoms with E-state index in [1.165, 1.54) is 5.56 Å². The fraction of sp³-hybridized carbons (Fsp3) is 0.611. The average molecular weight is 318 g/mol. The molecule has 3 atom stereocenters. The number of rotatable bonds is 7. The number of hydrogen-bond donors (Lipinski definition) is 1. The minimum atomic E-state index is 0.0705. The van der Waals surface area contributed by atoms with E-state index in [0.29, 0.717) is 25.0 Å². The number of hydrogen-bond acceptors (Lipinski definition) is 4. The van der Waals surface area contributed by atoms with Gasteiger partial charge in [-0.05, 0) is 12.0 Å². The van der Waals surface area contributed by atoms with Gasteiger partial charge in [0, 0.05) is 32.6 Å². The minimum Gasteiger partial charge on any atom is -0.375 e. The quantitative estimate of drug-likeness (QED) is 0.773. The molecule has 0 aromatic heterocycles. The first-order valence-electron chi connectivity index (χ1n) is 8.44. The van der Waals surface area contributed by atoms with E-state index in [2.05, 4.69) is 22.3 Å². The van der Waals surface area contributed by atoms with E-state index in [-0.39, 0.29) is 12.0 Å². The molecule has 2 aliphatic rings. The van der Waals surface area contributed by atoms with E-state index < -0.39 is 0 Å². The molecule has 23 heavy (non-hydrogen) atoms. The number of carbonyl (C=O) groups excluding carboxylic acids is 1. The Morgan fingerprint density at radius 3 is 2.91 bits per heavy atom.